The molecule has 0 bridgehead atoms. The molecule has 0 spiro atoms. The summed E-state index contributed by atoms with van der Waals surface area (Å²) in [4.78, 5) is 2.03. The van der Waals surface area contributed by atoms with Gasteiger partial charge in [0.15, 0.2) is 5.67 Å². The van der Waals surface area contributed by atoms with Crippen LogP contribution in [0, 0.1) is 0 Å². The molecule has 2 aromatic carbocycles. The van der Waals surface area contributed by atoms with Gasteiger partial charge in [-0.15, -0.1) is 0 Å². The van der Waals surface area contributed by atoms with E-state index in [2.05, 4.69) is 10.2 Å². The van der Waals surface area contributed by atoms with Crippen molar-refractivity contribution in [3.63, 3.8) is 0 Å². The molecule has 1 unspecified atom stereocenters. The molecular formula is C17H16FN3. The van der Waals surface area contributed by atoms with E-state index in [0.717, 1.165) is 28.6 Å². The van der Waals surface area contributed by atoms with E-state index in [1.54, 1.807) is 6.20 Å². The topological polar surface area (TPSA) is 31.9 Å². The van der Waals surface area contributed by atoms with Gasteiger partial charge in [0.25, 0.3) is 0 Å². The molecule has 0 saturated heterocycles. The first-order valence-electron chi connectivity index (χ1n) is 7.06. The number of nitrogens with one attached hydrogen (secondary N) is 1. The lowest BCUT2D eigenvalue weighted by Crippen LogP contribution is -2.41. The summed E-state index contributed by atoms with van der Waals surface area (Å²) in [6, 6.07) is 13.5. The van der Waals surface area contributed by atoms with Crippen LogP contribution in [0.2, 0.25) is 0 Å². The standard InChI is InChI=1S/C17H16FN3/c1-21-10-13-4-2-3-5-15(13)17(18,11-21)14-7-6-12-9-19-20-16(12)8-14/h2-9H,10-11H2,1H3,(H,19,20). The van der Waals surface area contributed by atoms with Crippen molar-refractivity contribution >= 4 is 10.9 Å². The van der Waals surface area contributed by atoms with Gasteiger partial charge in [-0.05, 0) is 29.8 Å². The quantitative estimate of drug-likeness (QED) is 0.742. The summed E-state index contributed by atoms with van der Waals surface area (Å²) in [5.41, 5.74) is 1.90. The first-order valence-corrected chi connectivity index (χ1v) is 7.06. The number of hydrogen-bond donors (Lipinski definition) is 1. The third-order valence-electron chi connectivity index (χ3n) is 4.27. The molecule has 2 heterocycles. The zero-order valence-electron chi connectivity index (χ0n) is 11.8. The molecule has 4 rings (SSSR count). The monoisotopic (exact) mass is 281 g/mol. The average molecular weight is 281 g/mol. The van der Waals surface area contributed by atoms with Crippen molar-refractivity contribution in [1.29, 1.82) is 0 Å². The van der Waals surface area contributed by atoms with Gasteiger partial charge in [0, 0.05) is 18.5 Å². The number of nitrogens with zero attached hydrogens (tertiary/aromatic N) is 2. The van der Waals surface area contributed by atoms with Gasteiger partial charge in [-0.2, -0.15) is 5.10 Å². The molecule has 21 heavy (non-hydrogen) atoms. The fourth-order valence-corrected chi connectivity index (χ4v) is 3.28. The summed E-state index contributed by atoms with van der Waals surface area (Å²) in [7, 11) is 1.96. The van der Waals surface area contributed by atoms with E-state index in [1.165, 1.54) is 0 Å². The van der Waals surface area contributed by atoms with Crippen LogP contribution in [0.5, 0.6) is 0 Å². The SMILES string of the molecule is CN1Cc2ccccc2C(F)(c2ccc3cn[nH]c3c2)C1. The molecular weight excluding hydrogens is 265 g/mol. The second kappa shape index (κ2) is 4.40. The van der Waals surface area contributed by atoms with E-state index in [-0.39, 0.29) is 0 Å². The molecule has 3 aromatic rings. The summed E-state index contributed by atoms with van der Waals surface area (Å²) >= 11 is 0. The summed E-state index contributed by atoms with van der Waals surface area (Å²) < 4.78 is 15.9. The zero-order chi connectivity index (χ0) is 14.4. The maximum Gasteiger partial charge on any atom is 0.174 e. The Kier molecular flexibility index (Phi) is 2.62. The number of rotatable bonds is 1. The maximum atomic E-state index is 15.9. The molecule has 4 heteroatoms. The first kappa shape index (κ1) is 12.5. The maximum absolute atomic E-state index is 15.9. The van der Waals surface area contributed by atoms with Gasteiger partial charge in [-0.25, -0.2) is 4.39 Å². The van der Waals surface area contributed by atoms with Gasteiger partial charge in [0.05, 0.1) is 11.7 Å². The van der Waals surface area contributed by atoms with E-state index in [9.17, 15) is 0 Å². The van der Waals surface area contributed by atoms with E-state index in [0.29, 0.717) is 12.1 Å². The highest BCUT2D eigenvalue weighted by atomic mass is 19.1. The first-order chi connectivity index (χ1) is 10.2. The number of benzene rings is 2. The van der Waals surface area contributed by atoms with Crippen LogP contribution >= 0.6 is 0 Å². The van der Waals surface area contributed by atoms with Gasteiger partial charge in [0.2, 0.25) is 0 Å². The number of halogens is 1. The number of H-pyrrole nitrogens is 1. The Labute approximate surface area is 122 Å². The summed E-state index contributed by atoms with van der Waals surface area (Å²) in [5, 5.41) is 7.93. The van der Waals surface area contributed by atoms with E-state index in [4.69, 9.17) is 0 Å². The lowest BCUT2D eigenvalue weighted by molar-refractivity contribution is 0.121. The Hall–Kier alpha value is -2.20. The van der Waals surface area contributed by atoms with Crippen molar-refractivity contribution < 1.29 is 4.39 Å². The number of alkyl halides is 1. The molecule has 0 saturated carbocycles. The van der Waals surface area contributed by atoms with Crippen LogP contribution in [-0.4, -0.2) is 28.7 Å². The second-order valence-corrected chi connectivity index (χ2v) is 5.80. The minimum absolute atomic E-state index is 0.365. The predicted octanol–water partition coefficient (Wildman–Crippen LogP) is 3.22. The minimum Gasteiger partial charge on any atom is -0.298 e. The van der Waals surface area contributed by atoms with Crippen LogP contribution in [0.3, 0.4) is 0 Å². The van der Waals surface area contributed by atoms with Gasteiger partial charge in [-0.1, -0.05) is 36.4 Å². The molecule has 1 aliphatic heterocycles. The van der Waals surface area contributed by atoms with E-state index >= 15 is 4.39 Å². The van der Waals surface area contributed by atoms with Crippen molar-refractivity contribution in [2.75, 3.05) is 13.6 Å². The summed E-state index contributed by atoms with van der Waals surface area (Å²) in [6.07, 6.45) is 1.75. The van der Waals surface area contributed by atoms with Crippen molar-refractivity contribution in [2.24, 2.45) is 0 Å². The number of aromatic nitrogens is 2. The number of aromatic amines is 1. The highest BCUT2D eigenvalue weighted by Gasteiger charge is 2.40. The molecule has 0 aliphatic carbocycles. The number of hydrogen-bond acceptors (Lipinski definition) is 2. The lowest BCUT2D eigenvalue weighted by atomic mass is 9.82. The van der Waals surface area contributed by atoms with Crippen molar-refractivity contribution in [1.82, 2.24) is 15.1 Å². The Balaban J connectivity index is 1.92. The molecule has 1 aliphatic rings. The van der Waals surface area contributed by atoms with Crippen LogP contribution in [0.15, 0.2) is 48.7 Å². The molecule has 0 radical (unpaired) electrons. The largest absolute Gasteiger partial charge is 0.298 e. The molecule has 0 fully saturated rings. The van der Waals surface area contributed by atoms with Crippen molar-refractivity contribution in [3.8, 4) is 0 Å². The number of likely N-dealkylation sites (N-methyl/N-ethyl adjacent to an activating group) is 1. The Bertz CT molecular complexity index is 810. The zero-order valence-corrected chi connectivity index (χ0v) is 11.8. The summed E-state index contributed by atoms with van der Waals surface area (Å²) in [6.45, 7) is 1.15. The molecule has 3 nitrogen and oxygen atoms in total. The van der Waals surface area contributed by atoms with Gasteiger partial charge in [-0.3, -0.25) is 10.00 Å². The van der Waals surface area contributed by atoms with Crippen molar-refractivity contribution in [2.45, 2.75) is 12.2 Å². The third-order valence-corrected chi connectivity index (χ3v) is 4.27. The predicted molar refractivity (Wildman–Crippen MR) is 80.8 cm³/mol. The lowest BCUT2D eigenvalue weighted by Gasteiger charge is -2.37. The molecule has 1 N–H and O–H groups in total. The van der Waals surface area contributed by atoms with Crippen LogP contribution in [0.1, 0.15) is 16.7 Å². The van der Waals surface area contributed by atoms with Gasteiger partial charge >= 0.3 is 0 Å². The van der Waals surface area contributed by atoms with E-state index < -0.39 is 5.67 Å². The highest BCUT2D eigenvalue weighted by Crippen LogP contribution is 2.40. The minimum atomic E-state index is -1.48. The van der Waals surface area contributed by atoms with Crippen LogP contribution < -0.4 is 0 Å². The fraction of sp³-hybridized carbons (Fsp3) is 0.235. The van der Waals surface area contributed by atoms with Gasteiger partial charge < -0.3 is 0 Å². The Morgan fingerprint density at radius 1 is 1.24 bits per heavy atom. The van der Waals surface area contributed by atoms with Crippen LogP contribution in [0.4, 0.5) is 4.39 Å². The van der Waals surface area contributed by atoms with Crippen molar-refractivity contribution in [3.05, 3.63) is 65.4 Å². The smallest absolute Gasteiger partial charge is 0.174 e. The van der Waals surface area contributed by atoms with Crippen LogP contribution in [-0.2, 0) is 12.2 Å². The summed E-state index contributed by atoms with van der Waals surface area (Å²) in [5.74, 6) is 0. The Morgan fingerprint density at radius 3 is 3.00 bits per heavy atom. The second-order valence-electron chi connectivity index (χ2n) is 5.80. The molecule has 1 aromatic heterocycles. The highest BCUT2D eigenvalue weighted by molar-refractivity contribution is 5.79. The average Bonchev–Trinajstić information content (AvgIpc) is 2.94. The number of fused-ring (bicyclic) bond motifs is 2. The van der Waals surface area contributed by atoms with Gasteiger partial charge in [0.1, 0.15) is 0 Å². The fourth-order valence-electron chi connectivity index (χ4n) is 3.28. The molecule has 0 amide bonds. The van der Waals surface area contributed by atoms with E-state index in [1.807, 2.05) is 54.4 Å². The third kappa shape index (κ3) is 1.87. The molecule has 1 atom stereocenters. The molecule has 106 valence electrons. The normalized spacial score (nSPS) is 22.4. The Morgan fingerprint density at radius 2 is 2.10 bits per heavy atom. The van der Waals surface area contributed by atoms with Crippen LogP contribution in [0.25, 0.3) is 10.9 Å².